The average Bonchev–Trinajstić information content (AvgIpc) is 3.67. The lowest BCUT2D eigenvalue weighted by atomic mass is 9.73. The minimum atomic E-state index is -0.269. The van der Waals surface area contributed by atoms with Crippen LogP contribution in [-0.4, -0.2) is 20.9 Å². The van der Waals surface area contributed by atoms with Gasteiger partial charge in [0.2, 0.25) is 0 Å². The first-order valence-electron chi connectivity index (χ1n) is 17.9. The van der Waals surface area contributed by atoms with Crippen LogP contribution in [0.4, 0.5) is 11.4 Å². The van der Waals surface area contributed by atoms with Gasteiger partial charge in [-0.25, -0.2) is 18.3 Å². The van der Waals surface area contributed by atoms with Crippen LogP contribution in [0.15, 0.2) is 97.6 Å². The number of unbranched alkanes of at least 4 members (excludes halogenated alkanes) is 2. The Hall–Kier alpha value is -4.98. The Labute approximate surface area is 297 Å². The van der Waals surface area contributed by atoms with Crippen molar-refractivity contribution >= 4 is 23.2 Å². The summed E-state index contributed by atoms with van der Waals surface area (Å²) >= 11 is 0. The Morgan fingerprint density at radius 1 is 0.600 bits per heavy atom. The van der Waals surface area contributed by atoms with Crippen molar-refractivity contribution < 1.29 is 18.7 Å². The highest BCUT2D eigenvalue weighted by molar-refractivity contribution is 6.01. The van der Waals surface area contributed by atoms with Crippen molar-refractivity contribution in [3.8, 4) is 0 Å². The van der Waals surface area contributed by atoms with Crippen molar-refractivity contribution in [2.24, 2.45) is 14.1 Å². The van der Waals surface area contributed by atoms with Gasteiger partial charge in [-0.2, -0.15) is 0 Å². The van der Waals surface area contributed by atoms with Crippen LogP contribution in [0.25, 0.3) is 0 Å². The maximum absolute atomic E-state index is 13.2. The van der Waals surface area contributed by atoms with Crippen LogP contribution in [0.2, 0.25) is 0 Å². The number of nitrogens with one attached hydrogen (secondary N) is 2. The molecule has 0 fully saturated rings. The molecule has 3 aromatic carbocycles. The molecule has 50 heavy (non-hydrogen) atoms. The molecule has 8 nitrogen and oxygen atoms in total. The number of aromatic nitrogens is 4. The molecule has 0 aliphatic carbocycles. The van der Waals surface area contributed by atoms with Gasteiger partial charge in [0, 0.05) is 22.2 Å². The predicted molar refractivity (Wildman–Crippen MR) is 201 cm³/mol. The van der Waals surface area contributed by atoms with Gasteiger partial charge in [-0.1, -0.05) is 103 Å². The first kappa shape index (κ1) is 36.3. The molecule has 8 heteroatoms. The summed E-state index contributed by atoms with van der Waals surface area (Å²) in [4.78, 5) is 26.5. The quantitative estimate of drug-likeness (QED) is 0.119. The molecule has 2 heterocycles. The molecular weight excluding hydrogens is 621 g/mol. The van der Waals surface area contributed by atoms with E-state index in [1.807, 2.05) is 81.4 Å². The molecule has 0 saturated carbocycles. The van der Waals surface area contributed by atoms with E-state index in [9.17, 15) is 9.59 Å². The number of imidazole rings is 2. The number of benzene rings is 3. The van der Waals surface area contributed by atoms with E-state index in [-0.39, 0.29) is 22.6 Å². The summed E-state index contributed by atoms with van der Waals surface area (Å²) in [6.45, 7) is 14.9. The molecule has 0 saturated heterocycles. The molecule has 0 unspecified atom stereocenters. The highest BCUT2D eigenvalue weighted by atomic mass is 16.2. The van der Waals surface area contributed by atoms with Crippen molar-refractivity contribution in [1.82, 2.24) is 9.13 Å². The number of hydrogen-bond acceptors (Lipinski definition) is 2. The van der Waals surface area contributed by atoms with Gasteiger partial charge in [0.15, 0.2) is 0 Å². The van der Waals surface area contributed by atoms with Gasteiger partial charge in [-0.15, -0.1) is 0 Å². The number of nitrogens with zero attached hydrogens (tertiary/aromatic N) is 4. The van der Waals surface area contributed by atoms with Crippen LogP contribution in [0.1, 0.15) is 111 Å². The second-order valence-electron chi connectivity index (χ2n) is 14.5. The fourth-order valence-corrected chi connectivity index (χ4v) is 6.59. The third-order valence-corrected chi connectivity index (χ3v) is 10.1. The zero-order valence-corrected chi connectivity index (χ0v) is 31.1. The average molecular weight is 675 g/mol. The predicted octanol–water partition coefficient (Wildman–Crippen LogP) is 7.70. The second kappa shape index (κ2) is 15.3. The van der Waals surface area contributed by atoms with E-state index in [0.29, 0.717) is 11.6 Å². The summed E-state index contributed by atoms with van der Waals surface area (Å²) in [5, 5.41) is 6.19. The molecule has 0 aliphatic rings. The van der Waals surface area contributed by atoms with E-state index < -0.39 is 0 Å². The molecule has 0 bridgehead atoms. The van der Waals surface area contributed by atoms with Crippen LogP contribution >= 0.6 is 0 Å². The monoisotopic (exact) mass is 674 g/mol. The van der Waals surface area contributed by atoms with Crippen LogP contribution in [0.5, 0.6) is 0 Å². The van der Waals surface area contributed by atoms with E-state index in [4.69, 9.17) is 0 Å². The lowest BCUT2D eigenvalue weighted by molar-refractivity contribution is -0.673. The van der Waals surface area contributed by atoms with Crippen LogP contribution in [-0.2, 0) is 38.0 Å². The molecular formula is C42H54N6O2+2. The van der Waals surface area contributed by atoms with Gasteiger partial charge in [-0.3, -0.25) is 9.59 Å². The van der Waals surface area contributed by atoms with Crippen LogP contribution in [0.3, 0.4) is 0 Å². The zero-order chi connectivity index (χ0) is 36.1. The zero-order valence-electron chi connectivity index (χ0n) is 31.1. The molecule has 0 radical (unpaired) electrons. The second-order valence-corrected chi connectivity index (χ2v) is 14.5. The van der Waals surface area contributed by atoms with Gasteiger partial charge >= 0.3 is 23.5 Å². The molecule has 5 aromatic rings. The fraction of sp³-hybridized carbons (Fsp3) is 0.381. The van der Waals surface area contributed by atoms with E-state index >= 15 is 0 Å². The normalized spacial score (nSPS) is 11.8. The molecule has 0 spiro atoms. The van der Waals surface area contributed by atoms with E-state index in [1.165, 1.54) is 11.1 Å². The van der Waals surface area contributed by atoms with E-state index in [2.05, 4.69) is 101 Å². The highest BCUT2D eigenvalue weighted by Crippen LogP contribution is 2.37. The van der Waals surface area contributed by atoms with Gasteiger partial charge < -0.3 is 10.6 Å². The van der Waals surface area contributed by atoms with Crippen molar-refractivity contribution in [1.29, 1.82) is 0 Å². The Morgan fingerprint density at radius 3 is 1.34 bits per heavy atom. The summed E-state index contributed by atoms with van der Waals surface area (Å²) < 4.78 is 7.79. The van der Waals surface area contributed by atoms with Gasteiger partial charge in [-0.05, 0) is 59.4 Å². The van der Waals surface area contributed by atoms with Gasteiger partial charge in [0.25, 0.3) is 0 Å². The minimum absolute atomic E-state index is 0.113. The molecule has 0 aliphatic heterocycles. The Kier molecular flexibility index (Phi) is 11.1. The Bertz CT molecular complexity index is 1790. The smallest absolute Gasteiger partial charge is 0.315 e. The number of rotatable bonds is 14. The van der Waals surface area contributed by atoms with Crippen LogP contribution in [0, 0.1) is 0 Å². The summed E-state index contributed by atoms with van der Waals surface area (Å²) in [5.74, 6) is 1.06. The third kappa shape index (κ3) is 7.75. The van der Waals surface area contributed by atoms with E-state index in [0.717, 1.165) is 61.3 Å². The number of carbonyl (C=O) groups excluding carboxylic acids is 2. The molecule has 262 valence electrons. The summed E-state index contributed by atoms with van der Waals surface area (Å²) in [6, 6.07) is 25.2. The number of amides is 2. The first-order valence-corrected chi connectivity index (χ1v) is 17.9. The van der Waals surface area contributed by atoms with Gasteiger partial charge in [0.1, 0.15) is 24.8 Å². The van der Waals surface area contributed by atoms with Crippen molar-refractivity contribution in [3.05, 3.63) is 131 Å². The van der Waals surface area contributed by atoms with Crippen molar-refractivity contribution in [2.75, 3.05) is 10.6 Å². The molecule has 5 rings (SSSR count). The standard InChI is InChI=1S/C42H52N6O2/c1-9-11-24-47-28-26-45(7)39(47)37(49)43-35-20-16-31(17-21-35)41(3,4)33-14-13-15-34(30-33)42(5,6)32-18-22-36(23-19-32)44-38(50)40-46(8)27-29-48(40)25-12-10-2/h13-23,26-30H,9-12,24-25H2,1-8H3/p+2. The number of hydrogen-bond donors (Lipinski definition) is 2. The molecule has 2 aromatic heterocycles. The topological polar surface area (TPSA) is 75.8 Å². The fourth-order valence-electron chi connectivity index (χ4n) is 6.59. The first-order chi connectivity index (χ1) is 23.9. The van der Waals surface area contributed by atoms with Crippen LogP contribution < -0.4 is 19.8 Å². The molecule has 2 amide bonds. The summed E-state index contributed by atoms with van der Waals surface area (Å²) in [5.41, 5.74) is 5.75. The van der Waals surface area contributed by atoms with E-state index in [1.54, 1.807) is 0 Å². The van der Waals surface area contributed by atoms with Gasteiger partial charge in [0.05, 0.1) is 27.2 Å². The Morgan fingerprint density at radius 2 is 0.980 bits per heavy atom. The van der Waals surface area contributed by atoms with Crippen molar-refractivity contribution in [2.45, 2.75) is 91.1 Å². The van der Waals surface area contributed by atoms with Crippen molar-refractivity contribution in [3.63, 3.8) is 0 Å². The number of aryl methyl sites for hydroxylation is 4. The lowest BCUT2D eigenvalue weighted by Crippen LogP contribution is -2.37. The lowest BCUT2D eigenvalue weighted by Gasteiger charge is -2.31. The SMILES string of the molecule is CCCCn1cc[n+](C)c1C(=O)Nc1ccc(C(C)(C)c2cccc(C(C)(C)c3ccc(NC(=O)c4n(CCCC)cc[n+]4C)cc3)c2)cc1. The summed E-state index contributed by atoms with van der Waals surface area (Å²) in [7, 11) is 3.81. The summed E-state index contributed by atoms with van der Waals surface area (Å²) in [6.07, 6.45) is 12.0. The maximum atomic E-state index is 13.2. The highest BCUT2D eigenvalue weighted by Gasteiger charge is 2.29. The number of anilines is 2. The Balaban J connectivity index is 1.29. The third-order valence-electron chi connectivity index (χ3n) is 10.1. The molecule has 0 atom stereocenters. The molecule has 2 N–H and O–H groups in total. The number of carbonyl (C=O) groups is 2. The minimum Gasteiger partial charge on any atom is -0.315 e. The largest absolute Gasteiger partial charge is 0.348 e. The maximum Gasteiger partial charge on any atom is 0.348 e.